The molecule has 1 aliphatic rings. The van der Waals surface area contributed by atoms with E-state index in [0.717, 1.165) is 37.2 Å². The van der Waals surface area contributed by atoms with E-state index in [0.29, 0.717) is 19.4 Å². The molecule has 0 aromatic heterocycles. The number of piperidine rings is 1. The van der Waals surface area contributed by atoms with Crippen molar-refractivity contribution >= 4 is 29.3 Å². The molecule has 1 aliphatic heterocycles. The maximum absolute atomic E-state index is 12.0. The number of nitrogens with one attached hydrogen (secondary N) is 1. The number of anilines is 1. The van der Waals surface area contributed by atoms with Crippen molar-refractivity contribution in [3.05, 3.63) is 24.3 Å². The molecule has 1 aromatic rings. The molecule has 2 amide bonds. The molecule has 1 aromatic carbocycles. The van der Waals surface area contributed by atoms with E-state index < -0.39 is 0 Å². The molecule has 0 unspecified atom stereocenters. The lowest BCUT2D eigenvalue weighted by Gasteiger charge is -2.26. The molecule has 1 fully saturated rings. The summed E-state index contributed by atoms with van der Waals surface area (Å²) in [6, 6.07) is 7.93. The SMILES string of the molecule is CCCSc1ccc(NC(=O)CCN2CCCCC2=O)cc1. The van der Waals surface area contributed by atoms with Crippen LogP contribution in [0.4, 0.5) is 5.69 Å². The summed E-state index contributed by atoms with van der Waals surface area (Å²) in [4.78, 5) is 26.7. The Morgan fingerprint density at radius 3 is 2.73 bits per heavy atom. The van der Waals surface area contributed by atoms with E-state index in [1.165, 1.54) is 4.90 Å². The summed E-state index contributed by atoms with van der Waals surface area (Å²) in [5, 5.41) is 2.89. The number of benzene rings is 1. The lowest BCUT2D eigenvalue weighted by atomic mass is 10.1. The minimum atomic E-state index is -0.0349. The van der Waals surface area contributed by atoms with Crippen LogP contribution < -0.4 is 5.32 Å². The van der Waals surface area contributed by atoms with E-state index in [-0.39, 0.29) is 11.8 Å². The summed E-state index contributed by atoms with van der Waals surface area (Å²) in [5.41, 5.74) is 0.816. The Bertz CT molecular complexity index is 502. The molecule has 0 aliphatic carbocycles. The van der Waals surface area contributed by atoms with Gasteiger partial charge in [-0.1, -0.05) is 6.92 Å². The maximum atomic E-state index is 12.0. The minimum absolute atomic E-state index is 0.0349. The molecule has 22 heavy (non-hydrogen) atoms. The molecular weight excluding hydrogens is 296 g/mol. The normalized spacial score (nSPS) is 15.0. The molecule has 0 saturated carbocycles. The predicted octanol–water partition coefficient (Wildman–Crippen LogP) is 3.53. The Balaban J connectivity index is 1.75. The number of nitrogens with zero attached hydrogens (tertiary/aromatic N) is 1. The summed E-state index contributed by atoms with van der Waals surface area (Å²) in [6.45, 7) is 3.47. The van der Waals surface area contributed by atoms with Crippen molar-refractivity contribution in [3.8, 4) is 0 Å². The van der Waals surface area contributed by atoms with Gasteiger partial charge in [0.25, 0.3) is 0 Å². The molecule has 4 nitrogen and oxygen atoms in total. The standard InChI is InChI=1S/C17H24N2O2S/c1-2-13-22-15-8-6-14(7-9-15)18-16(20)10-12-19-11-4-3-5-17(19)21/h6-9H,2-5,10-13H2,1H3,(H,18,20). The second kappa shape index (κ2) is 8.83. The molecule has 1 N–H and O–H groups in total. The average molecular weight is 320 g/mol. The molecule has 2 rings (SSSR count). The van der Waals surface area contributed by atoms with Crippen molar-refractivity contribution in [2.75, 3.05) is 24.2 Å². The van der Waals surface area contributed by atoms with E-state index >= 15 is 0 Å². The van der Waals surface area contributed by atoms with Crippen LogP contribution in [-0.2, 0) is 9.59 Å². The van der Waals surface area contributed by atoms with Gasteiger partial charge in [-0.25, -0.2) is 0 Å². The third-order valence-electron chi connectivity index (χ3n) is 3.64. The van der Waals surface area contributed by atoms with E-state index in [1.807, 2.05) is 36.0 Å². The summed E-state index contributed by atoms with van der Waals surface area (Å²) in [7, 11) is 0. The number of hydrogen-bond donors (Lipinski definition) is 1. The van der Waals surface area contributed by atoms with Crippen LogP contribution in [0.3, 0.4) is 0 Å². The van der Waals surface area contributed by atoms with Gasteiger partial charge >= 0.3 is 0 Å². The zero-order valence-corrected chi connectivity index (χ0v) is 14.0. The fourth-order valence-electron chi connectivity index (χ4n) is 2.41. The van der Waals surface area contributed by atoms with E-state index in [9.17, 15) is 9.59 Å². The number of carbonyl (C=O) groups excluding carboxylic acids is 2. The van der Waals surface area contributed by atoms with Crippen LogP contribution in [0.15, 0.2) is 29.2 Å². The number of hydrogen-bond acceptors (Lipinski definition) is 3. The third-order valence-corrected chi connectivity index (χ3v) is 4.86. The first-order valence-electron chi connectivity index (χ1n) is 7.99. The lowest BCUT2D eigenvalue weighted by Crippen LogP contribution is -2.37. The fraction of sp³-hybridized carbons (Fsp3) is 0.529. The molecule has 0 radical (unpaired) electrons. The Kier molecular flexibility index (Phi) is 6.77. The van der Waals surface area contributed by atoms with Crippen molar-refractivity contribution in [1.29, 1.82) is 0 Å². The third kappa shape index (κ3) is 5.37. The van der Waals surface area contributed by atoms with Gasteiger partial charge in [0.15, 0.2) is 0 Å². The summed E-state index contributed by atoms with van der Waals surface area (Å²) in [5.74, 6) is 1.25. The largest absolute Gasteiger partial charge is 0.342 e. The number of likely N-dealkylation sites (tertiary alicyclic amines) is 1. The van der Waals surface area contributed by atoms with Crippen LogP contribution >= 0.6 is 11.8 Å². The highest BCUT2D eigenvalue weighted by Crippen LogP contribution is 2.21. The zero-order chi connectivity index (χ0) is 15.8. The van der Waals surface area contributed by atoms with Crippen molar-refractivity contribution in [2.45, 2.75) is 43.9 Å². The summed E-state index contributed by atoms with van der Waals surface area (Å²) >= 11 is 1.82. The molecular formula is C17H24N2O2S. The average Bonchev–Trinajstić information content (AvgIpc) is 2.53. The van der Waals surface area contributed by atoms with Crippen LogP contribution in [0.1, 0.15) is 39.0 Å². The van der Waals surface area contributed by atoms with Gasteiger partial charge in [-0.15, -0.1) is 11.8 Å². The Labute approximate surface area is 136 Å². The predicted molar refractivity (Wildman–Crippen MR) is 91.1 cm³/mol. The zero-order valence-electron chi connectivity index (χ0n) is 13.1. The Hall–Kier alpha value is -1.49. The van der Waals surface area contributed by atoms with Crippen molar-refractivity contribution < 1.29 is 9.59 Å². The Morgan fingerprint density at radius 1 is 1.27 bits per heavy atom. The molecule has 0 spiro atoms. The van der Waals surface area contributed by atoms with Gasteiger partial charge in [0.05, 0.1) is 0 Å². The van der Waals surface area contributed by atoms with Gasteiger partial charge in [0.1, 0.15) is 0 Å². The van der Waals surface area contributed by atoms with Crippen LogP contribution in [0, 0.1) is 0 Å². The van der Waals surface area contributed by atoms with Gasteiger partial charge in [0.2, 0.25) is 11.8 Å². The van der Waals surface area contributed by atoms with E-state index in [2.05, 4.69) is 12.2 Å². The van der Waals surface area contributed by atoms with Gasteiger partial charge in [0, 0.05) is 36.5 Å². The molecule has 120 valence electrons. The maximum Gasteiger partial charge on any atom is 0.226 e. The highest BCUT2D eigenvalue weighted by molar-refractivity contribution is 7.99. The summed E-state index contributed by atoms with van der Waals surface area (Å²) < 4.78 is 0. The first-order valence-corrected chi connectivity index (χ1v) is 8.98. The fourth-order valence-corrected chi connectivity index (χ4v) is 3.18. The molecule has 1 saturated heterocycles. The highest BCUT2D eigenvalue weighted by Gasteiger charge is 2.18. The lowest BCUT2D eigenvalue weighted by molar-refractivity contribution is -0.133. The number of amides is 2. The van der Waals surface area contributed by atoms with E-state index in [1.54, 1.807) is 4.90 Å². The number of thioether (sulfide) groups is 1. The monoisotopic (exact) mass is 320 g/mol. The van der Waals surface area contributed by atoms with Crippen LogP contribution in [0.25, 0.3) is 0 Å². The van der Waals surface area contributed by atoms with Crippen LogP contribution in [0.5, 0.6) is 0 Å². The topological polar surface area (TPSA) is 49.4 Å². The van der Waals surface area contributed by atoms with Gasteiger partial charge in [-0.2, -0.15) is 0 Å². The summed E-state index contributed by atoms with van der Waals surface area (Å²) in [6.07, 6.45) is 4.16. The molecule has 1 heterocycles. The second-order valence-electron chi connectivity index (χ2n) is 5.51. The quantitative estimate of drug-likeness (QED) is 0.782. The molecule has 5 heteroatoms. The first kappa shape index (κ1) is 16.9. The number of rotatable bonds is 7. The number of carbonyl (C=O) groups is 2. The van der Waals surface area contributed by atoms with Crippen molar-refractivity contribution in [2.24, 2.45) is 0 Å². The van der Waals surface area contributed by atoms with Crippen LogP contribution in [-0.4, -0.2) is 35.6 Å². The first-order chi connectivity index (χ1) is 10.7. The minimum Gasteiger partial charge on any atom is -0.342 e. The van der Waals surface area contributed by atoms with Crippen molar-refractivity contribution in [3.63, 3.8) is 0 Å². The molecule has 0 atom stereocenters. The second-order valence-corrected chi connectivity index (χ2v) is 6.68. The van der Waals surface area contributed by atoms with Gasteiger partial charge < -0.3 is 10.2 Å². The van der Waals surface area contributed by atoms with Crippen LogP contribution in [0.2, 0.25) is 0 Å². The van der Waals surface area contributed by atoms with Gasteiger partial charge in [-0.05, 0) is 49.3 Å². The van der Waals surface area contributed by atoms with Crippen molar-refractivity contribution in [1.82, 2.24) is 4.90 Å². The van der Waals surface area contributed by atoms with Gasteiger partial charge in [-0.3, -0.25) is 9.59 Å². The smallest absolute Gasteiger partial charge is 0.226 e. The Morgan fingerprint density at radius 2 is 2.05 bits per heavy atom. The van der Waals surface area contributed by atoms with E-state index in [4.69, 9.17) is 0 Å². The molecule has 0 bridgehead atoms. The highest BCUT2D eigenvalue weighted by atomic mass is 32.2.